The molecule has 3 aromatic rings. The molecule has 0 saturated carbocycles. The molecule has 3 amide bonds. The zero-order valence-corrected chi connectivity index (χ0v) is 16.9. The van der Waals surface area contributed by atoms with Crippen molar-refractivity contribution in [3.63, 3.8) is 0 Å². The van der Waals surface area contributed by atoms with Gasteiger partial charge in [0, 0.05) is 29.5 Å². The van der Waals surface area contributed by atoms with Gasteiger partial charge in [-0.05, 0) is 24.3 Å². The summed E-state index contributed by atoms with van der Waals surface area (Å²) in [5.74, 6) is -2.36. The molecule has 0 aliphatic carbocycles. The number of benzene rings is 1. The van der Waals surface area contributed by atoms with Crippen molar-refractivity contribution in [3.05, 3.63) is 77.9 Å². The van der Waals surface area contributed by atoms with Crippen LogP contribution in [0, 0.1) is 0 Å². The molecule has 0 radical (unpaired) electrons. The number of para-hydroxylation sites is 1. The molecule has 0 bridgehead atoms. The van der Waals surface area contributed by atoms with Crippen LogP contribution in [0.1, 0.15) is 31.1 Å². The number of pyridine rings is 2. The van der Waals surface area contributed by atoms with Crippen LogP contribution in [-0.4, -0.2) is 43.0 Å². The average molecular weight is 469 g/mol. The van der Waals surface area contributed by atoms with Crippen molar-refractivity contribution >= 4 is 17.7 Å². The summed E-state index contributed by atoms with van der Waals surface area (Å²) >= 11 is 0. The van der Waals surface area contributed by atoms with Crippen molar-refractivity contribution in [1.82, 2.24) is 9.97 Å². The molecule has 0 unspecified atom stereocenters. The molecule has 9 N–H and O–H groups in total. The van der Waals surface area contributed by atoms with Crippen molar-refractivity contribution in [1.29, 1.82) is 0 Å². The van der Waals surface area contributed by atoms with Gasteiger partial charge in [-0.15, -0.1) is 0 Å². The number of nitrogens with two attached hydrogens (primary N) is 3. The van der Waals surface area contributed by atoms with Crippen molar-refractivity contribution in [2.45, 2.75) is 0 Å². The molecule has 0 saturated heterocycles. The maximum atomic E-state index is 10.5. The number of phenols is 1. The first-order valence-corrected chi connectivity index (χ1v) is 8.08. The van der Waals surface area contributed by atoms with Crippen LogP contribution in [-0.2, 0) is 17.1 Å². The van der Waals surface area contributed by atoms with Crippen LogP contribution in [0.4, 0.5) is 0 Å². The van der Waals surface area contributed by atoms with E-state index in [4.69, 9.17) is 32.5 Å². The third kappa shape index (κ3) is 8.81. The van der Waals surface area contributed by atoms with Gasteiger partial charge in [0.1, 0.15) is 17.2 Å². The van der Waals surface area contributed by atoms with E-state index in [0.29, 0.717) is 0 Å². The number of nitrogens with zero attached hydrogens (tertiary/aromatic N) is 2. The molecule has 164 valence electrons. The minimum Gasteiger partial charge on any atom is -0.507 e. The van der Waals surface area contributed by atoms with Gasteiger partial charge in [-0.2, -0.15) is 0 Å². The van der Waals surface area contributed by atoms with Crippen LogP contribution in [0.15, 0.2) is 61.2 Å². The third-order valence-corrected chi connectivity index (χ3v) is 3.30. The first-order chi connectivity index (χ1) is 14.1. The number of rotatable bonds is 3. The SMILES string of the molecule is NC(=O)c1ccccc1O.NC(=O)c1ccncc1O.NC(=O)c1ccncc1O.[Fe]. The second kappa shape index (κ2) is 13.1. The topological polar surface area (TPSA) is 216 Å². The quantitative estimate of drug-likeness (QED) is 0.292. The Morgan fingerprint density at radius 3 is 1.23 bits per heavy atom. The van der Waals surface area contributed by atoms with Crippen molar-refractivity contribution in [2.75, 3.05) is 0 Å². The molecule has 0 atom stereocenters. The Labute approximate surface area is 187 Å². The standard InChI is InChI=1S/C7H7NO2.2C6H6N2O2.Fe/c8-7(10)5-3-1-2-4-6(5)9;2*7-6(10)4-1-2-8-3-5(4)9;/h1-4,9H,(H2,8,10);2*1-3,9H,(H2,7,10);. The minimum absolute atomic E-state index is 0. The molecule has 0 fully saturated rings. The van der Waals surface area contributed by atoms with Crippen LogP contribution < -0.4 is 17.2 Å². The van der Waals surface area contributed by atoms with E-state index < -0.39 is 17.7 Å². The number of aromatic hydroxyl groups is 3. The fourth-order valence-corrected chi connectivity index (χ4v) is 1.87. The van der Waals surface area contributed by atoms with Crippen LogP contribution in [0.2, 0.25) is 0 Å². The van der Waals surface area contributed by atoms with Crippen LogP contribution in [0.25, 0.3) is 0 Å². The summed E-state index contributed by atoms with van der Waals surface area (Å²) in [6, 6.07) is 8.87. The molecule has 0 aliphatic heterocycles. The normalized spacial score (nSPS) is 8.90. The van der Waals surface area contributed by atoms with Crippen LogP contribution >= 0.6 is 0 Å². The molecule has 1 aromatic carbocycles. The molecular formula is C19H19FeN5O6. The zero-order chi connectivity index (χ0) is 22.7. The number of hydrogen-bond acceptors (Lipinski definition) is 8. The summed E-state index contributed by atoms with van der Waals surface area (Å²) in [6.45, 7) is 0. The summed E-state index contributed by atoms with van der Waals surface area (Å²) < 4.78 is 0. The number of carbonyl (C=O) groups is 3. The van der Waals surface area contributed by atoms with Gasteiger partial charge in [-0.25, -0.2) is 0 Å². The Kier molecular flexibility index (Phi) is 11.4. The van der Waals surface area contributed by atoms with E-state index >= 15 is 0 Å². The Morgan fingerprint density at radius 1 is 0.613 bits per heavy atom. The fraction of sp³-hybridized carbons (Fsp3) is 0. The second-order valence-corrected chi connectivity index (χ2v) is 5.40. The van der Waals surface area contributed by atoms with E-state index in [1.54, 1.807) is 12.1 Å². The summed E-state index contributed by atoms with van der Waals surface area (Å²) in [7, 11) is 0. The van der Waals surface area contributed by atoms with Crippen molar-refractivity contribution in [3.8, 4) is 17.2 Å². The molecule has 11 nitrogen and oxygen atoms in total. The molecular weight excluding hydrogens is 450 g/mol. The van der Waals surface area contributed by atoms with Gasteiger partial charge >= 0.3 is 0 Å². The fourth-order valence-electron chi connectivity index (χ4n) is 1.87. The molecule has 12 heteroatoms. The summed E-state index contributed by atoms with van der Waals surface area (Å²) in [6.07, 6.45) is 5.11. The first-order valence-electron chi connectivity index (χ1n) is 8.08. The van der Waals surface area contributed by atoms with Gasteiger partial charge in [0.15, 0.2) is 0 Å². The van der Waals surface area contributed by atoms with Gasteiger partial charge in [0.05, 0.1) is 29.1 Å². The summed E-state index contributed by atoms with van der Waals surface area (Å²) in [5, 5.41) is 26.8. The number of primary amides is 3. The van der Waals surface area contributed by atoms with E-state index in [1.807, 2.05) is 0 Å². The van der Waals surface area contributed by atoms with E-state index in [2.05, 4.69) is 9.97 Å². The number of amides is 3. The molecule has 3 rings (SSSR count). The van der Waals surface area contributed by atoms with E-state index in [-0.39, 0.29) is 51.0 Å². The maximum absolute atomic E-state index is 10.5. The Morgan fingerprint density at radius 2 is 0.968 bits per heavy atom. The molecule has 31 heavy (non-hydrogen) atoms. The predicted molar refractivity (Wildman–Crippen MR) is 105 cm³/mol. The van der Waals surface area contributed by atoms with Crippen LogP contribution in [0.5, 0.6) is 17.2 Å². The van der Waals surface area contributed by atoms with Gasteiger partial charge < -0.3 is 32.5 Å². The maximum Gasteiger partial charge on any atom is 0.252 e. The Bertz CT molecular complexity index is 916. The summed E-state index contributed by atoms with van der Waals surface area (Å²) in [4.78, 5) is 38.5. The average Bonchev–Trinajstić information content (AvgIpc) is 2.69. The predicted octanol–water partition coefficient (Wildman–Crippen LogP) is 0.261. The smallest absolute Gasteiger partial charge is 0.252 e. The minimum atomic E-state index is -0.653. The second-order valence-electron chi connectivity index (χ2n) is 5.40. The number of hydrogen-bond donors (Lipinski definition) is 6. The largest absolute Gasteiger partial charge is 0.507 e. The summed E-state index contributed by atoms with van der Waals surface area (Å²) in [5.41, 5.74) is 15.0. The first kappa shape index (κ1) is 26.8. The Hall–Kier alpha value is -4.15. The monoisotopic (exact) mass is 469 g/mol. The van der Waals surface area contributed by atoms with Gasteiger partial charge in [-0.3, -0.25) is 24.4 Å². The van der Waals surface area contributed by atoms with Crippen LogP contribution in [0.3, 0.4) is 0 Å². The Balaban J connectivity index is 0.000000429. The molecule has 2 heterocycles. The van der Waals surface area contributed by atoms with Gasteiger partial charge in [-0.1, -0.05) is 12.1 Å². The van der Waals surface area contributed by atoms with Crippen molar-refractivity contribution in [2.24, 2.45) is 17.2 Å². The van der Waals surface area contributed by atoms with Gasteiger partial charge in [0.25, 0.3) is 17.7 Å². The van der Waals surface area contributed by atoms with E-state index in [1.165, 1.54) is 49.1 Å². The zero-order valence-electron chi connectivity index (χ0n) is 15.8. The molecule has 0 spiro atoms. The van der Waals surface area contributed by atoms with Crippen molar-refractivity contribution < 1.29 is 46.8 Å². The van der Waals surface area contributed by atoms with E-state index in [0.717, 1.165) is 0 Å². The third-order valence-electron chi connectivity index (χ3n) is 3.30. The number of carbonyl (C=O) groups excluding carboxylic acids is 3. The van der Waals surface area contributed by atoms with E-state index in [9.17, 15) is 14.4 Å². The molecule has 0 aliphatic rings. The number of aromatic nitrogens is 2. The molecule has 2 aromatic heterocycles. The van der Waals surface area contributed by atoms with Gasteiger partial charge in [0.2, 0.25) is 0 Å².